The molecular weight excluding hydrogens is 320 g/mol. The molecule has 0 amide bonds. The maximum atomic E-state index is 6.85. The molecule has 0 N–H and O–H groups in total. The highest BCUT2D eigenvalue weighted by Crippen LogP contribution is 2.33. The Morgan fingerprint density at radius 3 is 1.30 bits per heavy atom. The molecule has 0 atom stereocenters. The molecule has 1 fully saturated rings. The van der Waals surface area contributed by atoms with Crippen LogP contribution in [0.5, 0.6) is 0 Å². The largest absolute Gasteiger partial charge is 0.425 e. The fourth-order valence-electron chi connectivity index (χ4n) is 3.00. The third kappa shape index (κ3) is 5.48. The minimum atomic E-state index is -2.08. The van der Waals surface area contributed by atoms with E-state index in [2.05, 4.69) is 27.7 Å². The van der Waals surface area contributed by atoms with Gasteiger partial charge < -0.3 is 16.5 Å². The summed E-state index contributed by atoms with van der Waals surface area (Å²) in [5, 5.41) is 0. The van der Waals surface area contributed by atoms with E-state index in [1.807, 2.05) is 0 Å². The average molecular weight is 353 g/mol. The minimum Gasteiger partial charge on any atom is -0.425 e. The van der Waals surface area contributed by atoms with Crippen LogP contribution in [0.2, 0.25) is 24.2 Å². The zero-order chi connectivity index (χ0) is 14.9. The maximum absolute atomic E-state index is 6.85. The number of rotatable bonds is 8. The predicted octanol–water partition coefficient (Wildman–Crippen LogP) is 2.59. The summed E-state index contributed by atoms with van der Waals surface area (Å²) in [5.41, 5.74) is 0. The molecule has 4 nitrogen and oxygen atoms in total. The van der Waals surface area contributed by atoms with Crippen LogP contribution in [-0.2, 0) is 16.5 Å². The number of hydrogen-bond acceptors (Lipinski definition) is 4. The fraction of sp³-hybridized carbons (Fsp3) is 1.00. The summed E-state index contributed by atoms with van der Waals surface area (Å²) in [6.45, 7) is 8.93. The molecule has 0 radical (unpaired) electrons. The molecule has 1 aliphatic rings. The number of hydrogen-bond donors (Lipinski definition) is 0. The third-order valence-corrected chi connectivity index (χ3v) is 18.2. The lowest BCUT2D eigenvalue weighted by atomic mass is 10.6. The van der Waals surface area contributed by atoms with Gasteiger partial charge in [-0.05, 0) is 24.2 Å². The van der Waals surface area contributed by atoms with Crippen LogP contribution in [0.15, 0.2) is 0 Å². The van der Waals surface area contributed by atoms with E-state index in [1.54, 1.807) is 0 Å². The molecule has 0 aromatic carbocycles. The molecule has 1 rings (SSSR count). The highest BCUT2D eigenvalue weighted by Gasteiger charge is 2.47. The Morgan fingerprint density at radius 2 is 1.00 bits per heavy atom. The Hall–Kier alpha value is 0.708. The molecule has 0 unspecified atom stereocenters. The first kappa shape index (κ1) is 18.8. The van der Waals surface area contributed by atoms with Crippen LogP contribution in [0.4, 0.5) is 0 Å². The van der Waals surface area contributed by atoms with Crippen molar-refractivity contribution in [3.8, 4) is 0 Å². The van der Waals surface area contributed by atoms with Gasteiger partial charge in [-0.25, -0.2) is 0 Å². The van der Waals surface area contributed by atoms with Crippen molar-refractivity contribution in [2.24, 2.45) is 0 Å². The first-order valence-corrected chi connectivity index (χ1v) is 15.0. The standard InChI is InChI=1S/C12H32O4Si4/c1-5-9-19(10-6-2)14-17-13-18-15-20(16-19,11-7-3)12-8-4/h5-12,17-18H2,1-4H3. The molecule has 0 spiro atoms. The van der Waals surface area contributed by atoms with Gasteiger partial charge in [0.05, 0.1) is 0 Å². The van der Waals surface area contributed by atoms with Crippen LogP contribution in [-0.4, -0.2) is 37.1 Å². The van der Waals surface area contributed by atoms with E-state index < -0.39 is 37.1 Å². The van der Waals surface area contributed by atoms with Gasteiger partial charge in [-0.3, -0.25) is 0 Å². The smallest absolute Gasteiger partial charge is 0.320 e. The average Bonchev–Trinajstić information content (AvgIpc) is 2.37. The lowest BCUT2D eigenvalue weighted by molar-refractivity contribution is 0.263. The van der Waals surface area contributed by atoms with E-state index in [0.29, 0.717) is 0 Å². The van der Waals surface area contributed by atoms with Crippen molar-refractivity contribution in [2.75, 3.05) is 0 Å². The van der Waals surface area contributed by atoms with Crippen LogP contribution >= 0.6 is 0 Å². The summed E-state index contributed by atoms with van der Waals surface area (Å²) in [7, 11) is -5.91. The van der Waals surface area contributed by atoms with Crippen LogP contribution in [0.1, 0.15) is 53.4 Å². The van der Waals surface area contributed by atoms with Crippen molar-refractivity contribution in [3.05, 3.63) is 0 Å². The van der Waals surface area contributed by atoms with E-state index in [1.165, 1.54) is 0 Å². The Labute approximate surface area is 131 Å². The normalized spacial score (nSPS) is 24.6. The molecule has 1 heterocycles. The third-order valence-electron chi connectivity index (χ3n) is 3.71. The van der Waals surface area contributed by atoms with Crippen LogP contribution < -0.4 is 0 Å². The lowest BCUT2D eigenvalue weighted by Crippen LogP contribution is -2.58. The van der Waals surface area contributed by atoms with E-state index in [-0.39, 0.29) is 0 Å². The van der Waals surface area contributed by atoms with Gasteiger partial charge in [0, 0.05) is 0 Å². The molecule has 1 aliphatic heterocycles. The van der Waals surface area contributed by atoms with Crippen molar-refractivity contribution < 1.29 is 16.5 Å². The SMILES string of the molecule is CCC[Si]1(CCC)O[SiH2]O[SiH2]O[Si](CCC)(CCC)O1. The van der Waals surface area contributed by atoms with Crippen molar-refractivity contribution in [1.29, 1.82) is 0 Å². The second-order valence-electron chi connectivity index (χ2n) is 5.65. The highest BCUT2D eigenvalue weighted by molar-refractivity contribution is 6.85. The maximum Gasteiger partial charge on any atom is 0.320 e. The highest BCUT2D eigenvalue weighted by atomic mass is 28.5. The van der Waals surface area contributed by atoms with E-state index >= 15 is 0 Å². The van der Waals surface area contributed by atoms with Crippen LogP contribution in [0, 0.1) is 0 Å². The summed E-state index contributed by atoms with van der Waals surface area (Å²) in [6.07, 6.45) is 4.56. The zero-order valence-electron chi connectivity index (χ0n) is 13.7. The summed E-state index contributed by atoms with van der Waals surface area (Å²) in [6, 6.07) is 4.41. The summed E-state index contributed by atoms with van der Waals surface area (Å²) in [4.78, 5) is 0. The zero-order valence-corrected chi connectivity index (χ0v) is 18.5. The molecule has 0 aliphatic carbocycles. The molecule has 0 aromatic heterocycles. The van der Waals surface area contributed by atoms with Crippen molar-refractivity contribution >= 4 is 37.1 Å². The fourth-order valence-corrected chi connectivity index (χ4v) is 18.9. The van der Waals surface area contributed by atoms with Crippen LogP contribution in [0.3, 0.4) is 0 Å². The summed E-state index contributed by atoms with van der Waals surface area (Å²) < 4.78 is 25.3. The molecule has 1 saturated heterocycles. The molecule has 0 aromatic rings. The van der Waals surface area contributed by atoms with Crippen molar-refractivity contribution in [1.82, 2.24) is 0 Å². The lowest BCUT2D eigenvalue weighted by Gasteiger charge is -2.43. The van der Waals surface area contributed by atoms with Gasteiger partial charge in [0.15, 0.2) is 0 Å². The van der Waals surface area contributed by atoms with Gasteiger partial charge in [0.25, 0.3) is 20.0 Å². The Bertz CT molecular complexity index is 232. The Morgan fingerprint density at radius 1 is 0.650 bits per heavy atom. The molecule has 20 heavy (non-hydrogen) atoms. The predicted molar refractivity (Wildman–Crippen MR) is 93.3 cm³/mol. The van der Waals surface area contributed by atoms with Crippen molar-refractivity contribution in [3.63, 3.8) is 0 Å². The van der Waals surface area contributed by atoms with E-state index in [9.17, 15) is 0 Å². The first-order valence-electron chi connectivity index (χ1n) is 8.21. The Balaban J connectivity index is 2.95. The van der Waals surface area contributed by atoms with Gasteiger partial charge in [0.2, 0.25) is 0 Å². The first-order chi connectivity index (χ1) is 9.66. The van der Waals surface area contributed by atoms with Gasteiger partial charge in [-0.1, -0.05) is 53.4 Å². The second-order valence-corrected chi connectivity index (χ2v) is 16.5. The van der Waals surface area contributed by atoms with Crippen molar-refractivity contribution in [2.45, 2.75) is 77.6 Å². The Kier molecular flexibility index (Phi) is 9.07. The molecule has 0 saturated carbocycles. The monoisotopic (exact) mass is 352 g/mol. The van der Waals surface area contributed by atoms with E-state index in [0.717, 1.165) is 49.9 Å². The van der Waals surface area contributed by atoms with Crippen LogP contribution in [0.25, 0.3) is 0 Å². The molecular formula is C12H32O4Si4. The summed E-state index contributed by atoms with van der Waals surface area (Å²) in [5.74, 6) is 0. The quantitative estimate of drug-likeness (QED) is 0.629. The van der Waals surface area contributed by atoms with Gasteiger partial charge >= 0.3 is 17.1 Å². The molecule has 120 valence electrons. The van der Waals surface area contributed by atoms with Gasteiger partial charge in [-0.15, -0.1) is 0 Å². The summed E-state index contributed by atoms with van der Waals surface area (Å²) >= 11 is 0. The molecule has 0 bridgehead atoms. The van der Waals surface area contributed by atoms with E-state index in [4.69, 9.17) is 16.5 Å². The second kappa shape index (κ2) is 9.67. The topological polar surface area (TPSA) is 36.9 Å². The molecule has 8 heteroatoms. The van der Waals surface area contributed by atoms with Gasteiger partial charge in [-0.2, -0.15) is 0 Å². The minimum absolute atomic E-state index is 0.874. The van der Waals surface area contributed by atoms with Gasteiger partial charge in [0.1, 0.15) is 0 Å².